The van der Waals surface area contributed by atoms with Crippen LogP contribution < -0.4 is 0 Å². The molecule has 0 bridgehead atoms. The highest BCUT2D eigenvalue weighted by Gasteiger charge is 1.96. The number of hydrogen-bond acceptors (Lipinski definition) is 0. The fourth-order valence-corrected chi connectivity index (χ4v) is 1.54. The standard InChI is InChI=1S/C17H24N/c1-14(2)17-10-8-16(9-11-17)7-6-15(3)12-13-18(4)5/h6-14H,1-5H3/q+1/b7-6+,15-12+. The van der Waals surface area contributed by atoms with Gasteiger partial charge in [0.25, 0.3) is 0 Å². The van der Waals surface area contributed by atoms with Crippen LogP contribution in [-0.2, 0) is 0 Å². The highest BCUT2D eigenvalue weighted by molar-refractivity contribution is 5.69. The van der Waals surface area contributed by atoms with E-state index >= 15 is 0 Å². The van der Waals surface area contributed by atoms with Gasteiger partial charge in [-0.3, -0.25) is 0 Å². The molecule has 0 spiro atoms. The molecule has 0 aliphatic heterocycles. The molecule has 18 heavy (non-hydrogen) atoms. The topological polar surface area (TPSA) is 3.01 Å². The Morgan fingerprint density at radius 3 is 2.22 bits per heavy atom. The molecule has 0 amide bonds. The lowest BCUT2D eigenvalue weighted by atomic mass is 10.0. The van der Waals surface area contributed by atoms with E-state index in [4.69, 9.17) is 0 Å². The quantitative estimate of drug-likeness (QED) is 0.424. The van der Waals surface area contributed by atoms with Gasteiger partial charge in [0, 0.05) is 6.08 Å². The van der Waals surface area contributed by atoms with Crippen molar-refractivity contribution in [2.75, 3.05) is 14.1 Å². The Morgan fingerprint density at radius 1 is 1.11 bits per heavy atom. The van der Waals surface area contributed by atoms with Crippen molar-refractivity contribution in [1.82, 2.24) is 0 Å². The maximum Gasteiger partial charge on any atom is 0.163 e. The van der Waals surface area contributed by atoms with Crippen LogP contribution >= 0.6 is 0 Å². The zero-order valence-electron chi connectivity index (χ0n) is 12.1. The van der Waals surface area contributed by atoms with Gasteiger partial charge in [-0.05, 0) is 29.5 Å². The molecule has 96 valence electrons. The maximum atomic E-state index is 2.22. The van der Waals surface area contributed by atoms with Gasteiger partial charge in [0.15, 0.2) is 6.21 Å². The van der Waals surface area contributed by atoms with E-state index < -0.39 is 0 Å². The summed E-state index contributed by atoms with van der Waals surface area (Å²) < 4.78 is 2.04. The minimum atomic E-state index is 0.597. The first-order valence-electron chi connectivity index (χ1n) is 6.45. The molecule has 1 aromatic carbocycles. The Morgan fingerprint density at radius 2 is 1.72 bits per heavy atom. The molecule has 1 rings (SSSR count). The summed E-state index contributed by atoms with van der Waals surface area (Å²) in [6.07, 6.45) is 8.46. The number of nitrogens with zero attached hydrogens (tertiary/aromatic N) is 1. The Kier molecular flexibility index (Phi) is 5.57. The third kappa shape index (κ3) is 5.13. The van der Waals surface area contributed by atoms with Gasteiger partial charge in [-0.25, -0.2) is 4.58 Å². The van der Waals surface area contributed by atoms with E-state index in [1.807, 2.05) is 18.7 Å². The van der Waals surface area contributed by atoms with Gasteiger partial charge in [0.1, 0.15) is 14.1 Å². The van der Waals surface area contributed by atoms with E-state index in [1.165, 1.54) is 16.7 Å². The summed E-state index contributed by atoms with van der Waals surface area (Å²) in [5.74, 6) is 0.597. The Bertz CT molecular complexity index is 455. The smallest absolute Gasteiger partial charge is 0.163 e. The van der Waals surface area contributed by atoms with Gasteiger partial charge in [0.05, 0.1) is 0 Å². The molecule has 0 N–H and O–H groups in total. The van der Waals surface area contributed by atoms with Crippen LogP contribution in [0.4, 0.5) is 0 Å². The average molecular weight is 242 g/mol. The van der Waals surface area contributed by atoms with Crippen molar-refractivity contribution in [2.45, 2.75) is 26.7 Å². The maximum absolute atomic E-state index is 2.22. The largest absolute Gasteiger partial charge is 0.241 e. The van der Waals surface area contributed by atoms with Gasteiger partial charge in [0.2, 0.25) is 0 Å². The van der Waals surface area contributed by atoms with Crippen molar-refractivity contribution >= 4 is 12.3 Å². The predicted octanol–water partition coefficient (Wildman–Crippen LogP) is 4.11. The summed E-state index contributed by atoms with van der Waals surface area (Å²) in [5, 5.41) is 0. The minimum Gasteiger partial charge on any atom is -0.241 e. The molecule has 0 heterocycles. The molecule has 0 aliphatic rings. The van der Waals surface area contributed by atoms with Crippen molar-refractivity contribution in [3.8, 4) is 0 Å². The summed E-state index contributed by atoms with van der Waals surface area (Å²) >= 11 is 0. The minimum absolute atomic E-state index is 0.597. The van der Waals surface area contributed by atoms with Gasteiger partial charge < -0.3 is 0 Å². The van der Waals surface area contributed by atoms with Crippen molar-refractivity contribution in [1.29, 1.82) is 0 Å². The van der Waals surface area contributed by atoms with Crippen LogP contribution in [0.5, 0.6) is 0 Å². The first-order valence-corrected chi connectivity index (χ1v) is 6.45. The van der Waals surface area contributed by atoms with Crippen LogP contribution in [0.2, 0.25) is 0 Å². The normalized spacial score (nSPS) is 12.2. The van der Waals surface area contributed by atoms with Crippen LogP contribution in [0, 0.1) is 0 Å². The van der Waals surface area contributed by atoms with Crippen molar-refractivity contribution in [2.24, 2.45) is 0 Å². The molecule has 0 fully saturated rings. The number of rotatable bonds is 4. The molecule has 0 aromatic heterocycles. The van der Waals surface area contributed by atoms with Crippen LogP contribution in [0.1, 0.15) is 37.8 Å². The summed E-state index contributed by atoms with van der Waals surface area (Å²) in [4.78, 5) is 0. The first-order chi connectivity index (χ1) is 8.49. The lowest BCUT2D eigenvalue weighted by molar-refractivity contribution is -0.458. The Hall–Kier alpha value is -1.63. The third-order valence-electron chi connectivity index (χ3n) is 2.78. The molecule has 0 radical (unpaired) electrons. The van der Waals surface area contributed by atoms with Crippen molar-refractivity contribution < 1.29 is 4.58 Å². The number of allylic oxidation sites excluding steroid dienone is 3. The molecule has 0 aliphatic carbocycles. The van der Waals surface area contributed by atoms with Crippen LogP contribution in [0.15, 0.2) is 42.0 Å². The summed E-state index contributed by atoms with van der Waals surface area (Å²) in [5.41, 5.74) is 3.88. The monoisotopic (exact) mass is 242 g/mol. The van der Waals surface area contributed by atoms with Crippen molar-refractivity contribution in [3.05, 3.63) is 53.1 Å². The van der Waals surface area contributed by atoms with E-state index in [0.29, 0.717) is 5.92 Å². The lowest BCUT2D eigenvalue weighted by Gasteiger charge is -2.04. The third-order valence-corrected chi connectivity index (χ3v) is 2.78. The summed E-state index contributed by atoms with van der Waals surface area (Å²) in [7, 11) is 4.05. The summed E-state index contributed by atoms with van der Waals surface area (Å²) in [6, 6.07) is 8.76. The second-order valence-electron chi connectivity index (χ2n) is 5.18. The van der Waals surface area contributed by atoms with E-state index in [-0.39, 0.29) is 0 Å². The highest BCUT2D eigenvalue weighted by Crippen LogP contribution is 2.15. The molecule has 0 unspecified atom stereocenters. The second kappa shape index (κ2) is 6.95. The summed E-state index contributed by atoms with van der Waals surface area (Å²) in [6.45, 7) is 6.54. The fourth-order valence-electron chi connectivity index (χ4n) is 1.54. The van der Waals surface area contributed by atoms with Gasteiger partial charge in [-0.2, -0.15) is 0 Å². The zero-order valence-corrected chi connectivity index (χ0v) is 12.1. The second-order valence-corrected chi connectivity index (χ2v) is 5.18. The van der Waals surface area contributed by atoms with Crippen LogP contribution in [0.25, 0.3) is 6.08 Å². The van der Waals surface area contributed by atoms with E-state index in [2.05, 4.69) is 69.5 Å². The van der Waals surface area contributed by atoms with Gasteiger partial charge in [-0.1, -0.05) is 50.3 Å². The lowest BCUT2D eigenvalue weighted by Crippen LogP contribution is -1.95. The molecule has 0 atom stereocenters. The first kappa shape index (κ1) is 14.4. The van der Waals surface area contributed by atoms with Crippen LogP contribution in [-0.4, -0.2) is 24.9 Å². The molecule has 1 heteroatoms. The molecule has 1 nitrogen and oxygen atoms in total. The average Bonchev–Trinajstić information content (AvgIpc) is 2.34. The SMILES string of the molecule is CC(/C=C/c1ccc(C(C)C)cc1)=C\C=[N+](C)C. The Labute approximate surface area is 111 Å². The van der Waals surface area contributed by atoms with E-state index in [9.17, 15) is 0 Å². The fraction of sp³-hybridized carbons (Fsp3) is 0.353. The van der Waals surface area contributed by atoms with Crippen molar-refractivity contribution in [3.63, 3.8) is 0 Å². The van der Waals surface area contributed by atoms with Gasteiger partial charge in [-0.15, -0.1) is 0 Å². The highest BCUT2D eigenvalue weighted by atomic mass is 14.9. The number of benzene rings is 1. The zero-order chi connectivity index (χ0) is 13.5. The molecular formula is C17H24N+. The number of hydrogen-bond donors (Lipinski definition) is 0. The van der Waals surface area contributed by atoms with E-state index in [0.717, 1.165) is 0 Å². The molecule has 0 saturated heterocycles. The molecule has 1 aromatic rings. The molecular weight excluding hydrogens is 218 g/mol. The van der Waals surface area contributed by atoms with E-state index in [1.54, 1.807) is 0 Å². The van der Waals surface area contributed by atoms with Crippen LogP contribution in [0.3, 0.4) is 0 Å². The Balaban J connectivity index is 2.73. The van der Waals surface area contributed by atoms with Gasteiger partial charge >= 0.3 is 0 Å². The molecule has 0 saturated carbocycles. The predicted molar refractivity (Wildman–Crippen MR) is 81.5 cm³/mol.